The summed E-state index contributed by atoms with van der Waals surface area (Å²) in [7, 11) is 0. The van der Waals surface area contributed by atoms with Crippen LogP contribution in [0.5, 0.6) is 0 Å². The highest BCUT2D eigenvalue weighted by Gasteiger charge is 2.42. The Kier molecular flexibility index (Phi) is 4.80. The highest BCUT2D eigenvalue weighted by atomic mass is 16.5. The molecule has 2 rings (SSSR count). The van der Waals surface area contributed by atoms with Crippen LogP contribution in [0.25, 0.3) is 0 Å². The van der Waals surface area contributed by atoms with Crippen molar-refractivity contribution in [3.05, 3.63) is 35.8 Å². The molecule has 0 bridgehead atoms. The number of nitrogens with zero attached hydrogens (tertiary/aromatic N) is 2. The molecule has 1 N–H and O–H groups in total. The number of carbonyl (C=O) groups is 1. The number of quaternary nitrogens is 1. The Morgan fingerprint density at radius 2 is 2.26 bits per heavy atom. The van der Waals surface area contributed by atoms with E-state index in [2.05, 4.69) is 30.8 Å². The van der Waals surface area contributed by atoms with Crippen LogP contribution in [0.4, 0.5) is 0 Å². The SMILES string of the molecule is C=C(OCC)C1(C)CC(C)=C(C[N+]2(C(C)C)C=CC=N2)C(=O)N1. The molecule has 2 aliphatic rings. The van der Waals surface area contributed by atoms with Crippen molar-refractivity contribution < 1.29 is 14.1 Å². The van der Waals surface area contributed by atoms with Gasteiger partial charge in [-0.1, -0.05) is 17.3 Å². The molecule has 5 nitrogen and oxygen atoms in total. The van der Waals surface area contributed by atoms with Crippen LogP contribution in [0.2, 0.25) is 0 Å². The van der Waals surface area contributed by atoms with Gasteiger partial charge >= 0.3 is 0 Å². The van der Waals surface area contributed by atoms with Crippen molar-refractivity contribution >= 4 is 12.1 Å². The van der Waals surface area contributed by atoms with Crippen LogP contribution in [-0.4, -0.2) is 41.4 Å². The lowest BCUT2D eigenvalue weighted by molar-refractivity contribution is -0.899. The Hall–Kier alpha value is -1.88. The molecule has 5 heteroatoms. The van der Waals surface area contributed by atoms with Crippen LogP contribution in [0, 0.1) is 0 Å². The smallest absolute Gasteiger partial charge is 0.253 e. The highest BCUT2D eigenvalue weighted by molar-refractivity contribution is 5.96. The summed E-state index contributed by atoms with van der Waals surface area (Å²) in [5, 5.41) is 7.66. The molecule has 2 unspecified atom stereocenters. The quantitative estimate of drug-likeness (QED) is 0.605. The Labute approximate surface area is 139 Å². The molecule has 0 radical (unpaired) electrons. The third-order valence-corrected chi connectivity index (χ3v) is 4.75. The second-order valence-corrected chi connectivity index (χ2v) is 6.82. The predicted octanol–water partition coefficient (Wildman–Crippen LogP) is 2.87. The minimum atomic E-state index is -0.548. The lowest BCUT2D eigenvalue weighted by atomic mass is 9.85. The normalized spacial score (nSPS) is 30.1. The summed E-state index contributed by atoms with van der Waals surface area (Å²) in [5.74, 6) is 0.560. The molecule has 126 valence electrons. The molecule has 2 heterocycles. The molecule has 0 saturated heterocycles. The molecule has 0 spiro atoms. The average molecular weight is 318 g/mol. The third kappa shape index (κ3) is 3.24. The Balaban J connectivity index is 2.27. The van der Waals surface area contributed by atoms with E-state index >= 15 is 0 Å². The first-order valence-corrected chi connectivity index (χ1v) is 8.18. The summed E-state index contributed by atoms with van der Waals surface area (Å²) < 4.78 is 5.97. The molecule has 0 aromatic rings. The van der Waals surface area contributed by atoms with Crippen molar-refractivity contribution in [2.75, 3.05) is 13.2 Å². The van der Waals surface area contributed by atoms with E-state index in [4.69, 9.17) is 4.74 Å². The van der Waals surface area contributed by atoms with Crippen LogP contribution in [0.3, 0.4) is 0 Å². The van der Waals surface area contributed by atoms with Gasteiger partial charge in [-0.2, -0.15) is 4.59 Å². The molecule has 1 amide bonds. The van der Waals surface area contributed by atoms with E-state index in [1.165, 1.54) is 0 Å². The van der Waals surface area contributed by atoms with E-state index in [9.17, 15) is 4.79 Å². The number of allylic oxidation sites excluding steroid dienone is 1. The minimum Gasteiger partial charge on any atom is -0.496 e. The zero-order valence-corrected chi connectivity index (χ0v) is 14.8. The maximum Gasteiger partial charge on any atom is 0.253 e. The fourth-order valence-electron chi connectivity index (χ4n) is 3.13. The van der Waals surface area contributed by atoms with Gasteiger partial charge in [0.15, 0.2) is 0 Å². The Morgan fingerprint density at radius 3 is 2.74 bits per heavy atom. The van der Waals surface area contributed by atoms with Gasteiger partial charge in [0.25, 0.3) is 5.91 Å². The van der Waals surface area contributed by atoms with E-state index in [1.54, 1.807) is 6.21 Å². The second-order valence-electron chi connectivity index (χ2n) is 6.82. The van der Waals surface area contributed by atoms with Gasteiger partial charge in [0.05, 0.1) is 23.9 Å². The topological polar surface area (TPSA) is 50.7 Å². The zero-order chi connectivity index (χ0) is 17.3. The number of carbonyl (C=O) groups excluding carboxylic acids is 1. The third-order valence-electron chi connectivity index (χ3n) is 4.75. The van der Waals surface area contributed by atoms with Crippen LogP contribution >= 0.6 is 0 Å². The number of nitrogens with one attached hydrogen (secondary N) is 1. The van der Waals surface area contributed by atoms with Crippen molar-refractivity contribution in [1.29, 1.82) is 0 Å². The molecule has 0 aromatic heterocycles. The summed E-state index contributed by atoms with van der Waals surface area (Å²) >= 11 is 0. The molecule has 23 heavy (non-hydrogen) atoms. The van der Waals surface area contributed by atoms with Gasteiger partial charge < -0.3 is 10.1 Å². The molecule has 0 fully saturated rings. The summed E-state index contributed by atoms with van der Waals surface area (Å²) in [4.78, 5) is 12.7. The van der Waals surface area contributed by atoms with E-state index in [-0.39, 0.29) is 11.9 Å². The predicted molar refractivity (Wildman–Crippen MR) is 92.5 cm³/mol. The minimum absolute atomic E-state index is 0.0502. The summed E-state index contributed by atoms with van der Waals surface area (Å²) in [6.07, 6.45) is 6.50. The van der Waals surface area contributed by atoms with E-state index in [1.807, 2.05) is 33.0 Å². The largest absolute Gasteiger partial charge is 0.496 e. The van der Waals surface area contributed by atoms with Gasteiger partial charge in [0.2, 0.25) is 0 Å². The number of hydrogen-bond donors (Lipinski definition) is 1. The summed E-state index contributed by atoms with van der Waals surface area (Å²) in [5.41, 5.74) is 1.34. The Morgan fingerprint density at radius 1 is 1.57 bits per heavy atom. The monoisotopic (exact) mass is 318 g/mol. The van der Waals surface area contributed by atoms with Gasteiger partial charge in [-0.25, -0.2) is 0 Å². The molecule has 0 aromatic carbocycles. The van der Waals surface area contributed by atoms with E-state index in [0.717, 1.165) is 11.1 Å². The molecule has 2 atom stereocenters. The van der Waals surface area contributed by atoms with Crippen molar-refractivity contribution in [3.63, 3.8) is 0 Å². The fourth-order valence-corrected chi connectivity index (χ4v) is 3.13. The first kappa shape index (κ1) is 17.5. The van der Waals surface area contributed by atoms with Crippen LogP contribution in [0.15, 0.2) is 40.9 Å². The highest BCUT2D eigenvalue weighted by Crippen LogP contribution is 2.33. The van der Waals surface area contributed by atoms with Gasteiger partial charge in [-0.05, 0) is 41.0 Å². The molecular weight excluding hydrogens is 290 g/mol. The van der Waals surface area contributed by atoms with Gasteiger partial charge in [0, 0.05) is 6.08 Å². The average Bonchev–Trinajstić information content (AvgIpc) is 2.93. The molecule has 0 aliphatic carbocycles. The second kappa shape index (κ2) is 6.32. The lowest BCUT2D eigenvalue weighted by Crippen LogP contribution is -2.54. The maximum atomic E-state index is 12.7. The van der Waals surface area contributed by atoms with E-state index in [0.29, 0.717) is 29.9 Å². The zero-order valence-electron chi connectivity index (χ0n) is 14.8. The maximum absolute atomic E-state index is 12.7. The van der Waals surface area contributed by atoms with Crippen molar-refractivity contribution in [2.24, 2.45) is 5.10 Å². The standard InChI is InChI=1S/C18H27N3O2/c1-7-23-15(5)18(6)11-14(4)16(17(22)20-18)12-21(13(2)3)10-8-9-19-21/h8-10,13H,5,7,11-12H2,1-4,6H3/p+1. The number of hydrogen-bond acceptors (Lipinski definition) is 3. The molecular formula is C18H28N3O2+. The lowest BCUT2D eigenvalue weighted by Gasteiger charge is -2.39. The van der Waals surface area contributed by atoms with Crippen molar-refractivity contribution in [1.82, 2.24) is 5.32 Å². The van der Waals surface area contributed by atoms with Crippen LogP contribution < -0.4 is 5.32 Å². The number of rotatable bonds is 6. The first-order chi connectivity index (χ1) is 10.7. The van der Waals surface area contributed by atoms with E-state index < -0.39 is 5.54 Å². The van der Waals surface area contributed by atoms with Gasteiger partial charge in [-0.3, -0.25) is 4.79 Å². The fraction of sp³-hybridized carbons (Fsp3) is 0.556. The summed E-state index contributed by atoms with van der Waals surface area (Å²) in [6, 6.07) is 0.268. The van der Waals surface area contributed by atoms with Gasteiger partial charge in [0.1, 0.15) is 24.5 Å². The number of ether oxygens (including phenoxy) is 1. The molecule has 2 aliphatic heterocycles. The van der Waals surface area contributed by atoms with Crippen LogP contribution in [0.1, 0.15) is 41.0 Å². The van der Waals surface area contributed by atoms with Crippen molar-refractivity contribution in [3.8, 4) is 0 Å². The van der Waals surface area contributed by atoms with Crippen molar-refractivity contribution in [2.45, 2.75) is 52.6 Å². The van der Waals surface area contributed by atoms with Crippen LogP contribution in [-0.2, 0) is 9.53 Å². The summed E-state index contributed by atoms with van der Waals surface area (Å²) in [6.45, 7) is 15.2. The Bertz CT molecular complexity index is 589. The first-order valence-electron chi connectivity index (χ1n) is 8.18. The number of amides is 1. The molecule has 0 saturated carbocycles. The van der Waals surface area contributed by atoms with Gasteiger partial charge in [-0.15, -0.1) is 0 Å².